The third-order valence-electron chi connectivity index (χ3n) is 3.56. The third-order valence-corrected chi connectivity index (χ3v) is 5.02. The fourth-order valence-electron chi connectivity index (χ4n) is 2.30. The van der Waals surface area contributed by atoms with Crippen molar-refractivity contribution in [2.45, 2.75) is 25.4 Å². The summed E-state index contributed by atoms with van der Waals surface area (Å²) in [4.78, 5) is 4.16. The number of hydrogen-bond donors (Lipinski definition) is 0. The Hall–Kier alpha value is -2.48. The quantitative estimate of drug-likeness (QED) is 0.702. The highest BCUT2D eigenvalue weighted by Crippen LogP contribution is 2.22. The van der Waals surface area contributed by atoms with E-state index in [0.717, 1.165) is 0 Å². The van der Waals surface area contributed by atoms with Crippen LogP contribution in [0.4, 0.5) is 4.39 Å². The highest BCUT2D eigenvalue weighted by atomic mass is 32.2. The molecule has 0 aliphatic carbocycles. The molecule has 0 aliphatic heterocycles. The van der Waals surface area contributed by atoms with E-state index in [1.54, 1.807) is 13.8 Å². The van der Waals surface area contributed by atoms with Crippen molar-refractivity contribution in [2.75, 3.05) is 0 Å². The first kappa shape index (κ1) is 16.4. The van der Waals surface area contributed by atoms with E-state index < -0.39 is 9.84 Å². The minimum absolute atomic E-state index is 0.174. The zero-order valence-corrected chi connectivity index (χ0v) is 13.9. The lowest BCUT2D eigenvalue weighted by Gasteiger charge is -2.01. The molecule has 0 atom stereocenters. The van der Waals surface area contributed by atoms with Crippen LogP contribution in [-0.2, 0) is 21.3 Å². The molecule has 2 heterocycles. The van der Waals surface area contributed by atoms with E-state index in [1.807, 2.05) is 0 Å². The van der Waals surface area contributed by atoms with E-state index in [4.69, 9.17) is 8.94 Å². The van der Waals surface area contributed by atoms with Crippen molar-refractivity contribution in [1.82, 2.24) is 10.1 Å². The van der Waals surface area contributed by atoms with E-state index in [0.29, 0.717) is 28.3 Å². The topological polar surface area (TPSA) is 86.2 Å². The van der Waals surface area contributed by atoms with Crippen LogP contribution in [0.3, 0.4) is 0 Å². The summed E-state index contributed by atoms with van der Waals surface area (Å²) >= 11 is 0. The molecule has 3 aromatic rings. The lowest BCUT2D eigenvalue weighted by Crippen LogP contribution is -2.09. The number of benzene rings is 1. The van der Waals surface area contributed by atoms with Gasteiger partial charge in [0.15, 0.2) is 9.84 Å². The molecule has 3 rings (SSSR count). The van der Waals surface area contributed by atoms with Crippen LogP contribution in [0, 0.1) is 19.7 Å². The van der Waals surface area contributed by atoms with E-state index in [9.17, 15) is 12.8 Å². The summed E-state index contributed by atoms with van der Waals surface area (Å²) in [6.45, 7) is 3.37. The number of sulfone groups is 1. The van der Waals surface area contributed by atoms with Crippen LogP contribution in [-0.4, -0.2) is 18.6 Å². The van der Waals surface area contributed by atoms with Crippen molar-refractivity contribution in [2.24, 2.45) is 0 Å². The highest BCUT2D eigenvalue weighted by molar-refractivity contribution is 7.89. The van der Waals surface area contributed by atoms with Gasteiger partial charge in [-0.3, -0.25) is 0 Å². The van der Waals surface area contributed by atoms with E-state index in [2.05, 4.69) is 10.1 Å². The monoisotopic (exact) mass is 350 g/mol. The Morgan fingerprint density at radius 1 is 1.12 bits per heavy atom. The maximum Gasteiger partial charge on any atom is 0.226 e. The van der Waals surface area contributed by atoms with Gasteiger partial charge in [0, 0.05) is 11.1 Å². The summed E-state index contributed by atoms with van der Waals surface area (Å²) in [6, 6.07) is 5.60. The van der Waals surface area contributed by atoms with Crippen LogP contribution >= 0.6 is 0 Å². The first-order chi connectivity index (χ1) is 11.3. The first-order valence-electron chi connectivity index (χ1n) is 7.16. The second kappa shape index (κ2) is 6.20. The fraction of sp³-hybridized carbons (Fsp3) is 0.250. The summed E-state index contributed by atoms with van der Waals surface area (Å²) in [5.41, 5.74) is 1.99. The Morgan fingerprint density at radius 2 is 1.83 bits per heavy atom. The molecule has 0 unspecified atom stereocenters. The molecule has 6 nitrogen and oxygen atoms in total. The van der Waals surface area contributed by atoms with Crippen molar-refractivity contribution in [3.63, 3.8) is 0 Å². The van der Waals surface area contributed by atoms with Crippen molar-refractivity contribution in [3.8, 4) is 11.5 Å². The Bertz CT molecular complexity index is 939. The standard InChI is InChI=1S/C16H15FN2O4S/c1-10-15(11(2)23-19-10)9-24(20,21)8-14-7-22-16(18-14)12-3-5-13(17)6-4-12/h3-7H,8-9H2,1-2H3. The first-order valence-corrected chi connectivity index (χ1v) is 8.99. The van der Waals surface area contributed by atoms with Gasteiger partial charge in [0.2, 0.25) is 5.89 Å². The Kier molecular flexibility index (Phi) is 4.23. The molecule has 2 aromatic heterocycles. The number of aryl methyl sites for hydroxylation is 2. The van der Waals surface area contributed by atoms with Gasteiger partial charge in [-0.1, -0.05) is 5.16 Å². The normalized spacial score (nSPS) is 11.8. The second-order valence-corrected chi connectivity index (χ2v) is 7.55. The van der Waals surface area contributed by atoms with Crippen LogP contribution in [0.1, 0.15) is 22.7 Å². The van der Waals surface area contributed by atoms with Crippen LogP contribution in [0.2, 0.25) is 0 Å². The van der Waals surface area contributed by atoms with Crippen LogP contribution in [0.5, 0.6) is 0 Å². The van der Waals surface area contributed by atoms with Crippen molar-refractivity contribution in [1.29, 1.82) is 0 Å². The van der Waals surface area contributed by atoms with Crippen molar-refractivity contribution < 1.29 is 21.7 Å². The highest BCUT2D eigenvalue weighted by Gasteiger charge is 2.21. The molecule has 24 heavy (non-hydrogen) atoms. The number of aromatic nitrogens is 2. The average molecular weight is 350 g/mol. The lowest BCUT2D eigenvalue weighted by molar-refractivity contribution is 0.392. The Labute approximate surface area is 138 Å². The van der Waals surface area contributed by atoms with Gasteiger partial charge >= 0.3 is 0 Å². The van der Waals surface area contributed by atoms with E-state index in [-0.39, 0.29) is 23.2 Å². The smallest absolute Gasteiger partial charge is 0.226 e. The van der Waals surface area contributed by atoms with Gasteiger partial charge in [-0.25, -0.2) is 17.8 Å². The molecule has 0 saturated heterocycles. The van der Waals surface area contributed by atoms with Gasteiger partial charge in [0.25, 0.3) is 0 Å². The molecule has 0 radical (unpaired) electrons. The molecule has 0 spiro atoms. The largest absolute Gasteiger partial charge is 0.444 e. The van der Waals surface area contributed by atoms with Gasteiger partial charge < -0.3 is 8.94 Å². The molecule has 0 N–H and O–H groups in total. The van der Waals surface area contributed by atoms with Gasteiger partial charge in [-0.2, -0.15) is 0 Å². The van der Waals surface area contributed by atoms with Gasteiger partial charge in [0.05, 0.1) is 22.9 Å². The number of hydrogen-bond acceptors (Lipinski definition) is 6. The second-order valence-electron chi connectivity index (χ2n) is 5.49. The lowest BCUT2D eigenvalue weighted by atomic mass is 10.2. The molecule has 0 fully saturated rings. The van der Waals surface area contributed by atoms with Crippen LogP contribution in [0.15, 0.2) is 39.5 Å². The predicted octanol–water partition coefficient (Wildman–Crippen LogP) is 3.20. The van der Waals surface area contributed by atoms with Crippen LogP contribution in [0.25, 0.3) is 11.5 Å². The summed E-state index contributed by atoms with van der Waals surface area (Å²) in [7, 11) is -3.46. The zero-order valence-electron chi connectivity index (χ0n) is 13.1. The van der Waals surface area contributed by atoms with E-state index >= 15 is 0 Å². The number of nitrogens with zero attached hydrogens (tertiary/aromatic N) is 2. The zero-order chi connectivity index (χ0) is 17.3. The van der Waals surface area contributed by atoms with E-state index in [1.165, 1.54) is 30.5 Å². The average Bonchev–Trinajstić information content (AvgIpc) is 3.09. The van der Waals surface area contributed by atoms with Gasteiger partial charge in [-0.05, 0) is 38.1 Å². The summed E-state index contributed by atoms with van der Waals surface area (Å²) in [5, 5.41) is 3.75. The molecule has 1 aromatic carbocycles. The molecular weight excluding hydrogens is 335 g/mol. The maximum absolute atomic E-state index is 12.9. The molecule has 0 saturated carbocycles. The maximum atomic E-state index is 12.9. The molecule has 8 heteroatoms. The Morgan fingerprint density at radius 3 is 2.46 bits per heavy atom. The fourth-order valence-corrected chi connectivity index (χ4v) is 3.84. The minimum atomic E-state index is -3.46. The number of oxazole rings is 1. The summed E-state index contributed by atoms with van der Waals surface area (Å²) < 4.78 is 47.9. The minimum Gasteiger partial charge on any atom is -0.444 e. The summed E-state index contributed by atoms with van der Waals surface area (Å²) in [6.07, 6.45) is 1.30. The molecule has 0 bridgehead atoms. The number of halogens is 1. The molecule has 0 amide bonds. The predicted molar refractivity (Wildman–Crippen MR) is 84.2 cm³/mol. The number of rotatable bonds is 5. The van der Waals surface area contributed by atoms with Crippen LogP contribution < -0.4 is 0 Å². The van der Waals surface area contributed by atoms with Crippen molar-refractivity contribution >= 4 is 9.84 Å². The van der Waals surface area contributed by atoms with Gasteiger partial charge in [-0.15, -0.1) is 0 Å². The molecular formula is C16H15FN2O4S. The third kappa shape index (κ3) is 3.53. The molecule has 126 valence electrons. The summed E-state index contributed by atoms with van der Waals surface area (Å²) in [5.74, 6) is -0.0670. The molecule has 0 aliphatic rings. The van der Waals surface area contributed by atoms with Crippen molar-refractivity contribution in [3.05, 3.63) is 59.1 Å². The van der Waals surface area contributed by atoms with Gasteiger partial charge in [0.1, 0.15) is 17.8 Å². The Balaban J connectivity index is 1.77. The SMILES string of the molecule is Cc1noc(C)c1CS(=O)(=O)Cc1coc(-c2ccc(F)cc2)n1.